The minimum atomic E-state index is -0.354. The van der Waals surface area contributed by atoms with Crippen LogP contribution in [0.2, 0.25) is 0 Å². The van der Waals surface area contributed by atoms with Gasteiger partial charge in [0, 0.05) is 24.8 Å². The lowest BCUT2D eigenvalue weighted by atomic mass is 10.2. The lowest BCUT2D eigenvalue weighted by Crippen LogP contribution is -2.39. The van der Waals surface area contributed by atoms with Crippen molar-refractivity contribution in [1.82, 2.24) is 33.7 Å². The second-order valence-electron chi connectivity index (χ2n) is 5.75. The molecule has 4 rings (SSSR count). The summed E-state index contributed by atoms with van der Waals surface area (Å²) in [4.78, 5) is 32.6. The van der Waals surface area contributed by atoms with Gasteiger partial charge in [0.15, 0.2) is 11.3 Å². The smallest absolute Gasteiger partial charge is 0.332 e. The number of aromatic amines is 1. The van der Waals surface area contributed by atoms with E-state index < -0.39 is 0 Å². The van der Waals surface area contributed by atoms with Crippen LogP contribution in [-0.4, -0.2) is 33.7 Å². The normalized spacial score (nSPS) is 11.6. The van der Waals surface area contributed by atoms with Gasteiger partial charge in [-0.2, -0.15) is 0 Å². The van der Waals surface area contributed by atoms with Gasteiger partial charge in [0.1, 0.15) is 17.2 Å². The van der Waals surface area contributed by atoms with E-state index >= 15 is 0 Å². The Morgan fingerprint density at radius 3 is 2.56 bits per heavy atom. The van der Waals surface area contributed by atoms with Gasteiger partial charge in [-0.05, 0) is 32.9 Å². The molecule has 0 radical (unpaired) electrons. The molecule has 0 unspecified atom stereocenters. The number of hydrogen-bond donors (Lipinski definition) is 1. The maximum atomic E-state index is 12.6. The van der Waals surface area contributed by atoms with Gasteiger partial charge < -0.3 is 4.98 Å². The molecule has 4 aromatic heterocycles. The van der Waals surface area contributed by atoms with E-state index in [4.69, 9.17) is 0 Å². The summed E-state index contributed by atoms with van der Waals surface area (Å²) in [6.07, 6.45) is 1.86. The maximum Gasteiger partial charge on any atom is 0.332 e. The molecule has 4 aromatic rings. The van der Waals surface area contributed by atoms with Gasteiger partial charge >= 0.3 is 5.69 Å². The van der Waals surface area contributed by atoms with Crippen LogP contribution in [0.4, 0.5) is 0 Å². The number of rotatable bonds is 3. The van der Waals surface area contributed by atoms with E-state index in [0.717, 1.165) is 17.0 Å². The van der Waals surface area contributed by atoms with Gasteiger partial charge in [-0.25, -0.2) is 9.78 Å². The minimum absolute atomic E-state index is 0.313. The molecule has 0 saturated carbocycles. The third kappa shape index (κ3) is 2.12. The second kappa shape index (κ2) is 5.40. The highest BCUT2D eigenvalue weighted by Gasteiger charge is 2.17. The zero-order chi connectivity index (χ0) is 17.7. The molecular weight excluding hydrogens is 322 g/mol. The van der Waals surface area contributed by atoms with Crippen molar-refractivity contribution in [2.24, 2.45) is 0 Å². The molecule has 128 valence electrons. The van der Waals surface area contributed by atoms with Crippen LogP contribution in [0.5, 0.6) is 0 Å². The van der Waals surface area contributed by atoms with Crippen LogP contribution in [0.3, 0.4) is 0 Å². The van der Waals surface area contributed by atoms with Gasteiger partial charge in [0.2, 0.25) is 0 Å². The average Bonchev–Trinajstić information content (AvgIpc) is 3.20. The van der Waals surface area contributed by atoms with Crippen molar-refractivity contribution < 1.29 is 0 Å². The number of hydrogen-bond acceptors (Lipinski definition) is 5. The van der Waals surface area contributed by atoms with E-state index in [9.17, 15) is 9.59 Å². The highest BCUT2D eigenvalue weighted by atomic mass is 16.2. The van der Waals surface area contributed by atoms with Crippen LogP contribution in [0, 0.1) is 6.92 Å². The first-order valence-electron chi connectivity index (χ1n) is 8.10. The van der Waals surface area contributed by atoms with E-state index in [0.29, 0.717) is 30.1 Å². The molecule has 0 fully saturated rings. The van der Waals surface area contributed by atoms with E-state index in [1.54, 1.807) is 6.92 Å². The highest BCUT2D eigenvalue weighted by Crippen LogP contribution is 2.19. The molecule has 0 saturated heterocycles. The molecule has 0 aliphatic heterocycles. The Labute approximate surface area is 141 Å². The summed E-state index contributed by atoms with van der Waals surface area (Å²) >= 11 is 0. The zero-order valence-electron chi connectivity index (χ0n) is 14.1. The Balaban J connectivity index is 2.02. The predicted octanol–water partition coefficient (Wildman–Crippen LogP) is 0.944. The van der Waals surface area contributed by atoms with Crippen LogP contribution in [-0.2, 0) is 13.1 Å². The van der Waals surface area contributed by atoms with E-state index in [1.807, 2.05) is 36.6 Å². The summed E-state index contributed by atoms with van der Waals surface area (Å²) in [6.45, 7) is 6.23. The van der Waals surface area contributed by atoms with E-state index in [1.165, 1.54) is 9.13 Å². The minimum Gasteiger partial charge on any atom is -0.332 e. The Hall–Kier alpha value is -3.23. The van der Waals surface area contributed by atoms with E-state index in [2.05, 4.69) is 20.2 Å². The summed E-state index contributed by atoms with van der Waals surface area (Å²) in [5.74, 6) is 1.28. The molecule has 0 atom stereocenters. The molecule has 25 heavy (non-hydrogen) atoms. The fourth-order valence-corrected chi connectivity index (χ4v) is 3.01. The molecular formula is C16H17N7O2. The third-order valence-corrected chi connectivity index (χ3v) is 4.34. The second-order valence-corrected chi connectivity index (χ2v) is 5.75. The van der Waals surface area contributed by atoms with Gasteiger partial charge in [-0.1, -0.05) is 0 Å². The quantitative estimate of drug-likeness (QED) is 0.598. The average molecular weight is 339 g/mol. The highest BCUT2D eigenvalue weighted by molar-refractivity contribution is 5.75. The van der Waals surface area contributed by atoms with Gasteiger partial charge in [-0.15, -0.1) is 10.2 Å². The van der Waals surface area contributed by atoms with Crippen molar-refractivity contribution in [3.8, 4) is 11.4 Å². The molecule has 9 heteroatoms. The van der Waals surface area contributed by atoms with Crippen molar-refractivity contribution in [3.05, 3.63) is 45.0 Å². The Bertz CT molecular complexity index is 1230. The molecule has 0 amide bonds. The third-order valence-electron chi connectivity index (χ3n) is 4.34. The van der Waals surface area contributed by atoms with E-state index in [-0.39, 0.29) is 11.2 Å². The van der Waals surface area contributed by atoms with Crippen LogP contribution in [0.15, 0.2) is 27.9 Å². The molecule has 0 bridgehead atoms. The topological polar surface area (TPSA) is 103 Å². The van der Waals surface area contributed by atoms with Crippen molar-refractivity contribution in [1.29, 1.82) is 0 Å². The number of aryl methyl sites for hydroxylation is 2. The zero-order valence-corrected chi connectivity index (χ0v) is 14.1. The molecule has 1 N–H and O–H groups in total. The lowest BCUT2D eigenvalue weighted by molar-refractivity contribution is 0.606. The first kappa shape index (κ1) is 15.3. The molecule has 0 spiro atoms. The monoisotopic (exact) mass is 339 g/mol. The summed E-state index contributed by atoms with van der Waals surface area (Å²) in [6, 6.07) is 3.69. The number of nitrogens with one attached hydrogen (secondary N) is 1. The number of imidazole rings is 1. The Morgan fingerprint density at radius 1 is 1.08 bits per heavy atom. The van der Waals surface area contributed by atoms with Crippen LogP contribution in [0.1, 0.15) is 19.7 Å². The van der Waals surface area contributed by atoms with Gasteiger partial charge in [0.25, 0.3) is 5.56 Å². The number of nitrogens with zero attached hydrogens (tertiary/aromatic N) is 6. The molecule has 0 aromatic carbocycles. The number of fused-ring (bicyclic) bond motifs is 2. The summed E-state index contributed by atoms with van der Waals surface area (Å²) in [5.41, 5.74) is 1.52. The standard InChI is InChI=1S/C16H17N7O2/c1-4-21-14-12(15(24)22(5-2)16(21)25)17-13(18-14)10-6-7-11-20-19-9(3)23(11)8-10/h6-8H,4-5H2,1-3H3,(H,17,18). The first-order valence-corrected chi connectivity index (χ1v) is 8.10. The number of aromatic nitrogens is 7. The summed E-state index contributed by atoms with van der Waals surface area (Å²) in [7, 11) is 0. The molecule has 4 heterocycles. The fraction of sp³-hybridized carbons (Fsp3) is 0.312. The molecule has 0 aliphatic carbocycles. The number of H-pyrrole nitrogens is 1. The molecule has 0 aliphatic rings. The fourth-order valence-electron chi connectivity index (χ4n) is 3.01. The molecule has 9 nitrogen and oxygen atoms in total. The van der Waals surface area contributed by atoms with Crippen LogP contribution < -0.4 is 11.2 Å². The van der Waals surface area contributed by atoms with Gasteiger partial charge in [-0.3, -0.25) is 18.3 Å². The SMILES string of the molecule is CCn1c(=O)c2[nH]c(-c3ccc4nnc(C)n4c3)nc2n(CC)c1=O. The lowest BCUT2D eigenvalue weighted by Gasteiger charge is -2.06. The largest absolute Gasteiger partial charge is 0.332 e. The Kier molecular flexibility index (Phi) is 3.31. The predicted molar refractivity (Wildman–Crippen MR) is 92.7 cm³/mol. The van der Waals surface area contributed by atoms with Crippen LogP contribution in [0.25, 0.3) is 28.2 Å². The van der Waals surface area contributed by atoms with Crippen molar-refractivity contribution >= 4 is 16.8 Å². The maximum absolute atomic E-state index is 12.6. The first-order chi connectivity index (χ1) is 12.0. The van der Waals surface area contributed by atoms with Crippen molar-refractivity contribution in [2.45, 2.75) is 33.9 Å². The summed E-state index contributed by atoms with van der Waals surface area (Å²) in [5, 5.41) is 8.09. The van der Waals surface area contributed by atoms with Crippen LogP contribution >= 0.6 is 0 Å². The van der Waals surface area contributed by atoms with Crippen molar-refractivity contribution in [3.63, 3.8) is 0 Å². The van der Waals surface area contributed by atoms with Gasteiger partial charge in [0.05, 0.1) is 0 Å². The number of pyridine rings is 1. The van der Waals surface area contributed by atoms with Crippen molar-refractivity contribution in [2.75, 3.05) is 0 Å². The Morgan fingerprint density at radius 2 is 1.84 bits per heavy atom. The summed E-state index contributed by atoms with van der Waals surface area (Å²) < 4.78 is 4.56.